The first-order chi connectivity index (χ1) is 9.40. The second-order valence-electron chi connectivity index (χ2n) is 5.51. The van der Waals surface area contributed by atoms with Crippen molar-refractivity contribution in [3.8, 4) is 0 Å². The molecule has 116 valence electrons. The molecule has 1 saturated heterocycles. The molecule has 0 aromatic rings. The van der Waals surface area contributed by atoms with Crippen LogP contribution < -0.4 is 0 Å². The fraction of sp³-hybridized carbons (Fsp3) is 0.857. The van der Waals surface area contributed by atoms with Crippen LogP contribution in [0.5, 0.6) is 0 Å². The maximum atomic E-state index is 12.4. The molecule has 1 aliphatic rings. The average molecular weight is 285 g/mol. The van der Waals surface area contributed by atoms with Crippen LogP contribution in [0.1, 0.15) is 34.1 Å². The number of amides is 2. The number of rotatable bonds is 6. The first-order valence-corrected chi connectivity index (χ1v) is 7.42. The van der Waals surface area contributed by atoms with E-state index in [1.807, 2.05) is 13.8 Å². The Bertz CT molecular complexity index is 343. The molecular formula is C14H27N3O3. The van der Waals surface area contributed by atoms with Gasteiger partial charge in [-0.2, -0.15) is 0 Å². The zero-order chi connectivity index (χ0) is 15.3. The Balaban J connectivity index is 2.66. The number of hydrogen-bond acceptors (Lipinski definition) is 3. The summed E-state index contributed by atoms with van der Waals surface area (Å²) >= 11 is 0. The molecule has 1 fully saturated rings. The summed E-state index contributed by atoms with van der Waals surface area (Å²) in [7, 11) is 0. The highest BCUT2D eigenvalue weighted by molar-refractivity contribution is 5.80. The van der Waals surface area contributed by atoms with Gasteiger partial charge in [-0.25, -0.2) is 4.79 Å². The molecule has 1 unspecified atom stereocenters. The van der Waals surface area contributed by atoms with Gasteiger partial charge in [-0.1, -0.05) is 13.8 Å². The zero-order valence-electron chi connectivity index (χ0n) is 13.0. The lowest BCUT2D eigenvalue weighted by Crippen LogP contribution is -2.48. The molecule has 1 atom stereocenters. The number of hydrogen-bond donors (Lipinski definition) is 1. The molecule has 6 nitrogen and oxygen atoms in total. The van der Waals surface area contributed by atoms with Crippen LogP contribution in [-0.4, -0.2) is 76.6 Å². The van der Waals surface area contributed by atoms with Gasteiger partial charge in [0.2, 0.25) is 0 Å². The van der Waals surface area contributed by atoms with Crippen LogP contribution in [0.25, 0.3) is 0 Å². The highest BCUT2D eigenvalue weighted by Gasteiger charge is 2.32. The number of nitrogens with zero attached hydrogens (tertiary/aromatic N) is 3. The summed E-state index contributed by atoms with van der Waals surface area (Å²) in [6, 6.07) is 0.135. The Morgan fingerprint density at radius 1 is 1.30 bits per heavy atom. The molecule has 6 heteroatoms. The first-order valence-electron chi connectivity index (χ1n) is 7.42. The smallest absolute Gasteiger partial charge is 0.323 e. The fourth-order valence-electron chi connectivity index (χ4n) is 2.75. The van der Waals surface area contributed by atoms with Crippen molar-refractivity contribution in [2.75, 3.05) is 32.7 Å². The number of likely N-dealkylation sites (tertiary alicyclic amines) is 1. The molecule has 1 N–H and O–H groups in total. The van der Waals surface area contributed by atoms with Crippen LogP contribution in [-0.2, 0) is 4.79 Å². The number of carboxylic acids is 1. The van der Waals surface area contributed by atoms with E-state index in [0.29, 0.717) is 19.1 Å². The van der Waals surface area contributed by atoms with E-state index < -0.39 is 5.97 Å². The SMILES string of the molecule is CCN(CC)C1CCN(C(=O)N(CC(=O)O)C(C)C)C1. The molecule has 20 heavy (non-hydrogen) atoms. The minimum absolute atomic E-state index is 0.105. The second kappa shape index (κ2) is 7.47. The van der Waals surface area contributed by atoms with Gasteiger partial charge in [0.05, 0.1) is 0 Å². The number of carbonyl (C=O) groups is 2. The number of carbonyl (C=O) groups excluding carboxylic acids is 1. The molecule has 1 aliphatic heterocycles. The van der Waals surface area contributed by atoms with Crippen LogP contribution >= 0.6 is 0 Å². The van der Waals surface area contributed by atoms with Crippen molar-refractivity contribution >= 4 is 12.0 Å². The Labute approximate surface area is 121 Å². The van der Waals surface area contributed by atoms with Crippen molar-refractivity contribution in [2.24, 2.45) is 0 Å². The van der Waals surface area contributed by atoms with Crippen molar-refractivity contribution in [2.45, 2.75) is 46.2 Å². The van der Waals surface area contributed by atoms with Gasteiger partial charge in [0.1, 0.15) is 6.54 Å². The van der Waals surface area contributed by atoms with Gasteiger partial charge < -0.3 is 14.9 Å². The summed E-state index contributed by atoms with van der Waals surface area (Å²) in [5.41, 5.74) is 0. The van der Waals surface area contributed by atoms with E-state index in [9.17, 15) is 9.59 Å². The summed E-state index contributed by atoms with van der Waals surface area (Å²) < 4.78 is 0. The molecule has 0 saturated carbocycles. The van der Waals surface area contributed by atoms with Gasteiger partial charge in [-0.05, 0) is 33.4 Å². The zero-order valence-corrected chi connectivity index (χ0v) is 13.0. The minimum Gasteiger partial charge on any atom is -0.480 e. The summed E-state index contributed by atoms with van der Waals surface area (Å²) in [6.07, 6.45) is 0.965. The molecule has 0 aromatic carbocycles. The lowest BCUT2D eigenvalue weighted by Gasteiger charge is -2.31. The summed E-state index contributed by atoms with van der Waals surface area (Å²) in [4.78, 5) is 28.9. The van der Waals surface area contributed by atoms with Crippen LogP contribution in [0.3, 0.4) is 0 Å². The summed E-state index contributed by atoms with van der Waals surface area (Å²) in [6.45, 7) is 11.1. The van der Waals surface area contributed by atoms with Crippen molar-refractivity contribution < 1.29 is 14.7 Å². The molecule has 0 aromatic heterocycles. The van der Waals surface area contributed by atoms with Gasteiger partial charge in [0.15, 0.2) is 0 Å². The van der Waals surface area contributed by atoms with Gasteiger partial charge in [0, 0.05) is 25.2 Å². The topological polar surface area (TPSA) is 64.1 Å². The van der Waals surface area contributed by atoms with E-state index in [-0.39, 0.29) is 18.6 Å². The normalized spacial score (nSPS) is 18.9. The van der Waals surface area contributed by atoms with Gasteiger partial charge in [-0.15, -0.1) is 0 Å². The Morgan fingerprint density at radius 3 is 2.35 bits per heavy atom. The molecule has 0 spiro atoms. The van der Waals surface area contributed by atoms with Crippen molar-refractivity contribution in [3.63, 3.8) is 0 Å². The Kier molecular flexibility index (Phi) is 6.26. The standard InChI is InChI=1S/C14H27N3O3/c1-5-15(6-2)12-7-8-16(9-12)14(20)17(11(3)4)10-13(18)19/h11-12H,5-10H2,1-4H3,(H,18,19). The minimum atomic E-state index is -0.966. The third-order valence-corrected chi connectivity index (χ3v) is 3.94. The van der Waals surface area contributed by atoms with Crippen LogP contribution in [0.2, 0.25) is 0 Å². The number of likely N-dealkylation sites (N-methyl/N-ethyl adjacent to an activating group) is 1. The largest absolute Gasteiger partial charge is 0.480 e. The van der Waals surface area contributed by atoms with E-state index in [2.05, 4.69) is 18.7 Å². The van der Waals surface area contributed by atoms with E-state index in [1.54, 1.807) is 4.90 Å². The van der Waals surface area contributed by atoms with Crippen molar-refractivity contribution in [1.29, 1.82) is 0 Å². The van der Waals surface area contributed by atoms with E-state index in [1.165, 1.54) is 4.90 Å². The number of aliphatic carboxylic acids is 1. The summed E-state index contributed by atoms with van der Waals surface area (Å²) in [5.74, 6) is -0.966. The lowest BCUT2D eigenvalue weighted by molar-refractivity contribution is -0.138. The lowest BCUT2D eigenvalue weighted by atomic mass is 10.2. The maximum absolute atomic E-state index is 12.4. The monoisotopic (exact) mass is 285 g/mol. The van der Waals surface area contributed by atoms with Crippen LogP contribution in [0.15, 0.2) is 0 Å². The quantitative estimate of drug-likeness (QED) is 0.799. The number of carboxylic acid groups (broad SMARTS) is 1. The highest BCUT2D eigenvalue weighted by Crippen LogP contribution is 2.18. The third kappa shape index (κ3) is 4.10. The average Bonchev–Trinajstić information content (AvgIpc) is 2.86. The molecule has 0 radical (unpaired) electrons. The van der Waals surface area contributed by atoms with Crippen molar-refractivity contribution in [1.82, 2.24) is 14.7 Å². The molecule has 0 bridgehead atoms. The maximum Gasteiger partial charge on any atom is 0.323 e. The van der Waals surface area contributed by atoms with Gasteiger partial charge >= 0.3 is 12.0 Å². The molecule has 1 heterocycles. The van der Waals surface area contributed by atoms with Gasteiger partial charge in [0.25, 0.3) is 0 Å². The van der Waals surface area contributed by atoms with Gasteiger partial charge in [-0.3, -0.25) is 9.69 Å². The molecule has 1 rings (SSSR count). The first kappa shape index (κ1) is 16.8. The van der Waals surface area contributed by atoms with Crippen molar-refractivity contribution in [3.05, 3.63) is 0 Å². The number of urea groups is 1. The Hall–Kier alpha value is -1.30. The predicted molar refractivity (Wildman–Crippen MR) is 77.8 cm³/mol. The van der Waals surface area contributed by atoms with E-state index in [4.69, 9.17) is 5.11 Å². The fourth-order valence-corrected chi connectivity index (χ4v) is 2.75. The predicted octanol–water partition coefficient (Wildman–Crippen LogP) is 1.32. The molecular weight excluding hydrogens is 258 g/mol. The second-order valence-corrected chi connectivity index (χ2v) is 5.51. The third-order valence-electron chi connectivity index (χ3n) is 3.94. The Morgan fingerprint density at radius 2 is 1.90 bits per heavy atom. The summed E-state index contributed by atoms with van der Waals surface area (Å²) in [5, 5.41) is 8.92. The molecule has 2 amide bonds. The van der Waals surface area contributed by atoms with E-state index >= 15 is 0 Å². The van der Waals surface area contributed by atoms with Crippen LogP contribution in [0, 0.1) is 0 Å². The van der Waals surface area contributed by atoms with E-state index in [0.717, 1.165) is 19.5 Å². The highest BCUT2D eigenvalue weighted by atomic mass is 16.4. The molecule has 0 aliphatic carbocycles. The van der Waals surface area contributed by atoms with Crippen LogP contribution in [0.4, 0.5) is 4.79 Å².